The topological polar surface area (TPSA) is 38.1 Å². The molecule has 0 saturated carbocycles. The van der Waals surface area contributed by atoms with Crippen LogP contribution in [0.15, 0.2) is 45.7 Å². The van der Waals surface area contributed by atoms with Gasteiger partial charge in [0.1, 0.15) is 5.76 Å². The third-order valence-electron chi connectivity index (χ3n) is 2.73. The van der Waals surface area contributed by atoms with E-state index in [-0.39, 0.29) is 12.1 Å². The lowest BCUT2D eigenvalue weighted by Gasteiger charge is -2.18. The molecule has 0 saturated heterocycles. The van der Waals surface area contributed by atoms with E-state index in [1.165, 1.54) is 5.56 Å². The molecular weight excluding hydrogens is 280 g/mol. The lowest BCUT2D eigenvalue weighted by atomic mass is 10.1. The van der Waals surface area contributed by atoms with Gasteiger partial charge in [0.15, 0.2) is 4.67 Å². The summed E-state index contributed by atoms with van der Waals surface area (Å²) < 4.78 is 6.29. The first-order valence-electron chi connectivity index (χ1n) is 5.58. The van der Waals surface area contributed by atoms with Gasteiger partial charge in [0.05, 0.1) is 6.04 Å². The van der Waals surface area contributed by atoms with Crippen molar-refractivity contribution in [1.82, 2.24) is 10.3 Å². The Balaban J connectivity index is 2.02. The number of furan rings is 1. The van der Waals surface area contributed by atoms with Gasteiger partial charge in [-0.05, 0) is 59.6 Å². The van der Waals surface area contributed by atoms with Crippen molar-refractivity contribution >= 4 is 15.9 Å². The molecule has 0 fully saturated rings. The second-order valence-electron chi connectivity index (χ2n) is 4.03. The first-order valence-corrected chi connectivity index (χ1v) is 6.37. The fourth-order valence-corrected chi connectivity index (χ4v) is 2.09. The van der Waals surface area contributed by atoms with Gasteiger partial charge >= 0.3 is 0 Å². The molecule has 2 atom stereocenters. The van der Waals surface area contributed by atoms with Crippen LogP contribution >= 0.6 is 15.9 Å². The summed E-state index contributed by atoms with van der Waals surface area (Å²) in [5.74, 6) is 0.929. The lowest BCUT2D eigenvalue weighted by molar-refractivity contribution is 0.394. The molecule has 3 nitrogen and oxygen atoms in total. The molecule has 0 aliphatic heterocycles. The van der Waals surface area contributed by atoms with Crippen molar-refractivity contribution in [3.05, 3.63) is 52.7 Å². The number of halogens is 1. The molecule has 17 heavy (non-hydrogen) atoms. The summed E-state index contributed by atoms with van der Waals surface area (Å²) in [6, 6.07) is 8.35. The van der Waals surface area contributed by atoms with Crippen LogP contribution in [-0.4, -0.2) is 4.98 Å². The molecule has 0 radical (unpaired) electrons. The van der Waals surface area contributed by atoms with Gasteiger partial charge in [0.2, 0.25) is 0 Å². The van der Waals surface area contributed by atoms with Gasteiger partial charge in [0.25, 0.3) is 0 Å². The van der Waals surface area contributed by atoms with E-state index < -0.39 is 0 Å². The normalized spacial score (nSPS) is 14.5. The molecule has 2 heterocycles. The van der Waals surface area contributed by atoms with Gasteiger partial charge in [-0.25, -0.2) is 0 Å². The minimum Gasteiger partial charge on any atom is -0.453 e. The van der Waals surface area contributed by atoms with E-state index >= 15 is 0 Å². The molecule has 0 aliphatic rings. The van der Waals surface area contributed by atoms with E-state index in [9.17, 15) is 0 Å². The summed E-state index contributed by atoms with van der Waals surface area (Å²) in [7, 11) is 0. The highest BCUT2D eigenvalue weighted by Crippen LogP contribution is 2.22. The summed E-state index contributed by atoms with van der Waals surface area (Å²) in [6.45, 7) is 4.22. The number of aromatic nitrogens is 1. The van der Waals surface area contributed by atoms with E-state index in [1.54, 1.807) is 0 Å². The van der Waals surface area contributed by atoms with E-state index in [1.807, 2.05) is 36.7 Å². The van der Waals surface area contributed by atoms with Crippen LogP contribution in [0.1, 0.15) is 37.3 Å². The summed E-state index contributed by atoms with van der Waals surface area (Å²) in [5, 5.41) is 3.48. The maximum Gasteiger partial charge on any atom is 0.169 e. The summed E-state index contributed by atoms with van der Waals surface area (Å²) in [4.78, 5) is 4.02. The second kappa shape index (κ2) is 5.47. The minimum absolute atomic E-state index is 0.171. The van der Waals surface area contributed by atoms with Gasteiger partial charge in [-0.2, -0.15) is 0 Å². The molecule has 2 aromatic rings. The molecule has 2 aromatic heterocycles. The Bertz CT molecular complexity index is 469. The zero-order chi connectivity index (χ0) is 12.3. The Morgan fingerprint density at radius 1 is 1.12 bits per heavy atom. The minimum atomic E-state index is 0.171. The van der Waals surface area contributed by atoms with E-state index in [2.05, 4.69) is 40.1 Å². The van der Waals surface area contributed by atoms with Crippen LogP contribution in [0.3, 0.4) is 0 Å². The van der Waals surface area contributed by atoms with Crippen molar-refractivity contribution < 1.29 is 4.42 Å². The Labute approximate surface area is 109 Å². The standard InChI is InChI=1S/C13H15BrN2O/c1-9(11-5-7-15-8-6-11)16-10(2)12-3-4-13(14)17-12/h3-10,16H,1-2H3. The van der Waals surface area contributed by atoms with Crippen LogP contribution in [0.2, 0.25) is 0 Å². The van der Waals surface area contributed by atoms with Crippen LogP contribution in [0.25, 0.3) is 0 Å². The van der Waals surface area contributed by atoms with Crippen LogP contribution in [0.5, 0.6) is 0 Å². The van der Waals surface area contributed by atoms with Gasteiger partial charge in [-0.3, -0.25) is 4.98 Å². The first kappa shape index (κ1) is 12.3. The van der Waals surface area contributed by atoms with Crippen molar-refractivity contribution in [2.45, 2.75) is 25.9 Å². The molecule has 4 heteroatoms. The molecular formula is C13H15BrN2O. The fraction of sp³-hybridized carbons (Fsp3) is 0.308. The highest BCUT2D eigenvalue weighted by atomic mass is 79.9. The molecule has 2 unspecified atom stereocenters. The first-order chi connectivity index (χ1) is 8.16. The smallest absolute Gasteiger partial charge is 0.169 e. The highest BCUT2D eigenvalue weighted by molar-refractivity contribution is 9.10. The van der Waals surface area contributed by atoms with Crippen molar-refractivity contribution in [2.24, 2.45) is 0 Å². The Kier molecular flexibility index (Phi) is 3.97. The number of nitrogens with one attached hydrogen (secondary N) is 1. The zero-order valence-electron chi connectivity index (χ0n) is 9.85. The second-order valence-corrected chi connectivity index (χ2v) is 4.81. The summed E-state index contributed by atoms with van der Waals surface area (Å²) in [6.07, 6.45) is 3.61. The van der Waals surface area contributed by atoms with Crippen molar-refractivity contribution in [3.8, 4) is 0 Å². The number of rotatable bonds is 4. The Morgan fingerprint density at radius 2 is 1.82 bits per heavy atom. The molecule has 1 N–H and O–H groups in total. The SMILES string of the molecule is CC(NC(C)c1ccc(Br)o1)c1ccncc1. The van der Waals surface area contributed by atoms with Gasteiger partial charge < -0.3 is 9.73 Å². The average Bonchev–Trinajstić information content (AvgIpc) is 2.77. The molecule has 0 bridgehead atoms. The maximum absolute atomic E-state index is 5.52. The maximum atomic E-state index is 5.52. The van der Waals surface area contributed by atoms with Gasteiger partial charge in [0, 0.05) is 18.4 Å². The highest BCUT2D eigenvalue weighted by Gasteiger charge is 2.13. The predicted octanol–water partition coefficient (Wildman–Crippen LogP) is 3.85. The van der Waals surface area contributed by atoms with Crippen LogP contribution in [0, 0.1) is 0 Å². The van der Waals surface area contributed by atoms with Crippen LogP contribution < -0.4 is 5.32 Å². The van der Waals surface area contributed by atoms with E-state index in [4.69, 9.17) is 4.42 Å². The monoisotopic (exact) mass is 294 g/mol. The average molecular weight is 295 g/mol. The Hall–Kier alpha value is -1.13. The van der Waals surface area contributed by atoms with Gasteiger partial charge in [-0.15, -0.1) is 0 Å². The molecule has 0 amide bonds. The van der Waals surface area contributed by atoms with E-state index in [0.29, 0.717) is 0 Å². The number of pyridine rings is 1. The van der Waals surface area contributed by atoms with Crippen LogP contribution in [0.4, 0.5) is 0 Å². The van der Waals surface area contributed by atoms with Gasteiger partial charge in [-0.1, -0.05) is 0 Å². The molecule has 0 aliphatic carbocycles. The zero-order valence-corrected chi connectivity index (χ0v) is 11.4. The third kappa shape index (κ3) is 3.17. The third-order valence-corrected chi connectivity index (χ3v) is 3.15. The largest absolute Gasteiger partial charge is 0.453 e. The molecule has 90 valence electrons. The lowest BCUT2D eigenvalue weighted by Crippen LogP contribution is -2.22. The number of nitrogens with zero attached hydrogens (tertiary/aromatic N) is 1. The molecule has 0 aromatic carbocycles. The number of hydrogen-bond acceptors (Lipinski definition) is 3. The molecule has 2 rings (SSSR count). The summed E-state index contributed by atoms with van der Waals surface area (Å²) in [5.41, 5.74) is 1.22. The fourth-order valence-electron chi connectivity index (χ4n) is 1.77. The van der Waals surface area contributed by atoms with Crippen molar-refractivity contribution in [2.75, 3.05) is 0 Å². The quantitative estimate of drug-likeness (QED) is 0.931. The van der Waals surface area contributed by atoms with Crippen molar-refractivity contribution in [3.63, 3.8) is 0 Å². The predicted molar refractivity (Wildman–Crippen MR) is 70.6 cm³/mol. The Morgan fingerprint density at radius 3 is 2.41 bits per heavy atom. The van der Waals surface area contributed by atoms with Crippen LogP contribution in [-0.2, 0) is 0 Å². The van der Waals surface area contributed by atoms with Crippen molar-refractivity contribution in [1.29, 1.82) is 0 Å². The molecule has 0 spiro atoms. The van der Waals surface area contributed by atoms with E-state index in [0.717, 1.165) is 10.4 Å². The number of hydrogen-bond donors (Lipinski definition) is 1. The summed E-state index contributed by atoms with van der Waals surface area (Å²) >= 11 is 3.31.